The van der Waals surface area contributed by atoms with E-state index in [2.05, 4.69) is 26.1 Å². The summed E-state index contributed by atoms with van der Waals surface area (Å²) >= 11 is 3.35. The van der Waals surface area contributed by atoms with E-state index in [4.69, 9.17) is 14.0 Å². The second kappa shape index (κ2) is 5.83. The Morgan fingerprint density at radius 3 is 2.95 bits per heavy atom. The number of ether oxygens (including phenoxy) is 2. The van der Waals surface area contributed by atoms with Crippen LogP contribution in [0.2, 0.25) is 0 Å². The Balaban J connectivity index is 2.30. The minimum Gasteiger partial charge on any atom is -0.496 e. The maximum atomic E-state index is 11.4. The molecule has 0 N–H and O–H groups in total. The van der Waals surface area contributed by atoms with Gasteiger partial charge < -0.3 is 14.0 Å². The van der Waals surface area contributed by atoms with Gasteiger partial charge in [-0.05, 0) is 41.1 Å². The lowest BCUT2D eigenvalue weighted by atomic mass is 10.2. The smallest absolute Gasteiger partial charge is 0.397 e. The van der Waals surface area contributed by atoms with Gasteiger partial charge in [0, 0.05) is 5.56 Å². The van der Waals surface area contributed by atoms with Gasteiger partial charge in [-0.2, -0.15) is 4.98 Å². The molecule has 1 aromatic carbocycles. The average molecular weight is 327 g/mol. The summed E-state index contributed by atoms with van der Waals surface area (Å²) < 4.78 is 15.6. The van der Waals surface area contributed by atoms with E-state index in [-0.39, 0.29) is 12.5 Å². The minimum atomic E-state index is -0.634. The third kappa shape index (κ3) is 2.93. The molecule has 0 aliphatic carbocycles. The van der Waals surface area contributed by atoms with Gasteiger partial charge >= 0.3 is 11.9 Å². The lowest BCUT2D eigenvalue weighted by Gasteiger charge is -2.03. The molecule has 0 amide bonds. The summed E-state index contributed by atoms with van der Waals surface area (Å²) in [7, 11) is 1.56. The number of halogens is 1. The summed E-state index contributed by atoms with van der Waals surface area (Å²) in [4.78, 5) is 15.4. The van der Waals surface area contributed by atoms with Crippen molar-refractivity contribution in [2.75, 3.05) is 13.7 Å². The summed E-state index contributed by atoms with van der Waals surface area (Å²) in [6.45, 7) is 1.96. The number of nitrogens with zero attached hydrogens (tertiary/aromatic N) is 2. The van der Waals surface area contributed by atoms with Gasteiger partial charge in [0.1, 0.15) is 5.75 Å². The van der Waals surface area contributed by atoms with Crippen LogP contribution < -0.4 is 4.74 Å². The Hall–Kier alpha value is -1.89. The molecule has 0 fully saturated rings. The van der Waals surface area contributed by atoms with Crippen LogP contribution in [-0.2, 0) is 4.74 Å². The van der Waals surface area contributed by atoms with Gasteiger partial charge in [0.15, 0.2) is 0 Å². The number of hydrogen-bond donors (Lipinski definition) is 0. The Morgan fingerprint density at radius 2 is 2.26 bits per heavy atom. The highest BCUT2D eigenvalue weighted by atomic mass is 79.9. The number of esters is 1. The minimum absolute atomic E-state index is 0.168. The first-order chi connectivity index (χ1) is 9.15. The molecule has 0 atom stereocenters. The zero-order valence-electron chi connectivity index (χ0n) is 10.3. The monoisotopic (exact) mass is 326 g/mol. The fourth-order valence-electron chi connectivity index (χ4n) is 1.42. The van der Waals surface area contributed by atoms with Gasteiger partial charge in [-0.15, -0.1) is 0 Å². The van der Waals surface area contributed by atoms with E-state index in [0.29, 0.717) is 17.1 Å². The number of methoxy groups -OCH3 is 1. The maximum Gasteiger partial charge on any atom is 0.397 e. The highest BCUT2D eigenvalue weighted by Crippen LogP contribution is 2.29. The quantitative estimate of drug-likeness (QED) is 0.804. The first-order valence-corrected chi connectivity index (χ1v) is 6.29. The molecule has 0 saturated heterocycles. The standard InChI is InChI=1S/C12H11BrN2O4/c1-3-18-12(16)11-14-10(15-19-11)7-4-5-8(13)9(6-7)17-2/h4-6H,3H2,1-2H3. The van der Waals surface area contributed by atoms with Crippen LogP contribution in [0.5, 0.6) is 5.75 Å². The molecule has 2 rings (SSSR count). The number of carbonyl (C=O) groups is 1. The van der Waals surface area contributed by atoms with E-state index >= 15 is 0 Å². The van der Waals surface area contributed by atoms with E-state index in [0.717, 1.165) is 4.47 Å². The molecule has 0 aliphatic heterocycles. The van der Waals surface area contributed by atoms with Crippen LogP contribution in [0.25, 0.3) is 11.4 Å². The summed E-state index contributed by atoms with van der Waals surface area (Å²) in [6, 6.07) is 5.32. The zero-order valence-corrected chi connectivity index (χ0v) is 11.9. The van der Waals surface area contributed by atoms with E-state index in [1.807, 2.05) is 0 Å². The van der Waals surface area contributed by atoms with Crippen molar-refractivity contribution in [3.8, 4) is 17.1 Å². The second-order valence-corrected chi connectivity index (χ2v) is 4.35. The van der Waals surface area contributed by atoms with Gasteiger partial charge in [-0.3, -0.25) is 0 Å². The molecule has 0 aliphatic rings. The van der Waals surface area contributed by atoms with Gasteiger partial charge in [-0.1, -0.05) is 5.16 Å². The number of carbonyl (C=O) groups excluding carboxylic acids is 1. The van der Waals surface area contributed by atoms with Gasteiger partial charge in [0.2, 0.25) is 5.82 Å². The van der Waals surface area contributed by atoms with Crippen molar-refractivity contribution < 1.29 is 18.8 Å². The summed E-state index contributed by atoms with van der Waals surface area (Å²) in [5, 5.41) is 3.74. The highest BCUT2D eigenvalue weighted by Gasteiger charge is 2.17. The average Bonchev–Trinajstić information content (AvgIpc) is 2.89. The van der Waals surface area contributed by atoms with Crippen molar-refractivity contribution in [1.29, 1.82) is 0 Å². The van der Waals surface area contributed by atoms with Crippen LogP contribution in [0.1, 0.15) is 17.6 Å². The first kappa shape index (κ1) is 13.5. The van der Waals surface area contributed by atoms with Crippen LogP contribution in [0.3, 0.4) is 0 Å². The van der Waals surface area contributed by atoms with Crippen molar-refractivity contribution in [1.82, 2.24) is 10.1 Å². The summed E-state index contributed by atoms with van der Waals surface area (Å²) in [5.74, 6) is 0.137. The molecule has 100 valence electrons. The third-order valence-electron chi connectivity index (χ3n) is 2.29. The van der Waals surface area contributed by atoms with E-state index < -0.39 is 5.97 Å². The lowest BCUT2D eigenvalue weighted by Crippen LogP contribution is -2.04. The van der Waals surface area contributed by atoms with Crippen LogP contribution in [0, 0.1) is 0 Å². The molecular weight excluding hydrogens is 316 g/mol. The van der Waals surface area contributed by atoms with Crippen LogP contribution in [0.4, 0.5) is 0 Å². The molecule has 0 spiro atoms. The normalized spacial score (nSPS) is 10.3. The fourth-order valence-corrected chi connectivity index (χ4v) is 1.82. The van der Waals surface area contributed by atoms with E-state index in [9.17, 15) is 4.79 Å². The number of benzene rings is 1. The Morgan fingerprint density at radius 1 is 1.47 bits per heavy atom. The first-order valence-electron chi connectivity index (χ1n) is 5.50. The predicted molar refractivity (Wildman–Crippen MR) is 69.9 cm³/mol. The van der Waals surface area contributed by atoms with Crippen LogP contribution in [0.15, 0.2) is 27.2 Å². The molecule has 2 aromatic rings. The van der Waals surface area contributed by atoms with Crippen molar-refractivity contribution in [2.24, 2.45) is 0 Å². The second-order valence-electron chi connectivity index (χ2n) is 3.49. The van der Waals surface area contributed by atoms with Crippen molar-refractivity contribution >= 4 is 21.9 Å². The van der Waals surface area contributed by atoms with Crippen LogP contribution in [-0.4, -0.2) is 29.8 Å². The summed E-state index contributed by atoms with van der Waals surface area (Å²) in [5.41, 5.74) is 0.680. The largest absolute Gasteiger partial charge is 0.496 e. The molecular formula is C12H11BrN2O4. The molecule has 1 heterocycles. The van der Waals surface area contributed by atoms with Gasteiger partial charge in [-0.25, -0.2) is 4.79 Å². The van der Waals surface area contributed by atoms with Gasteiger partial charge in [0.25, 0.3) is 0 Å². The Bertz CT molecular complexity index is 597. The highest BCUT2D eigenvalue weighted by molar-refractivity contribution is 9.10. The Labute approximate surface area is 117 Å². The van der Waals surface area contributed by atoms with Crippen molar-refractivity contribution in [2.45, 2.75) is 6.92 Å². The lowest BCUT2D eigenvalue weighted by molar-refractivity contribution is 0.0470. The zero-order chi connectivity index (χ0) is 13.8. The van der Waals surface area contributed by atoms with Crippen LogP contribution >= 0.6 is 15.9 Å². The maximum absolute atomic E-state index is 11.4. The SMILES string of the molecule is CCOC(=O)c1nc(-c2ccc(Br)c(OC)c2)no1. The molecule has 0 bridgehead atoms. The molecule has 1 aromatic heterocycles. The molecule has 19 heavy (non-hydrogen) atoms. The number of hydrogen-bond acceptors (Lipinski definition) is 6. The predicted octanol–water partition coefficient (Wildman–Crippen LogP) is 2.68. The fraction of sp³-hybridized carbons (Fsp3) is 0.250. The molecule has 6 nitrogen and oxygen atoms in total. The summed E-state index contributed by atoms with van der Waals surface area (Å²) in [6.07, 6.45) is 0. The molecule has 0 unspecified atom stereocenters. The van der Waals surface area contributed by atoms with E-state index in [1.165, 1.54) is 0 Å². The molecule has 0 radical (unpaired) electrons. The van der Waals surface area contributed by atoms with Gasteiger partial charge in [0.05, 0.1) is 18.2 Å². The number of aromatic nitrogens is 2. The third-order valence-corrected chi connectivity index (χ3v) is 2.94. The van der Waals surface area contributed by atoms with Crippen molar-refractivity contribution in [3.05, 3.63) is 28.6 Å². The van der Waals surface area contributed by atoms with E-state index in [1.54, 1.807) is 32.2 Å². The topological polar surface area (TPSA) is 74.5 Å². The van der Waals surface area contributed by atoms with Crippen molar-refractivity contribution in [3.63, 3.8) is 0 Å². The molecule has 0 saturated carbocycles. The number of rotatable bonds is 4. The Kier molecular flexibility index (Phi) is 4.16. The molecule has 7 heteroatoms.